The molecule has 0 fully saturated rings. The molecule has 0 aliphatic heterocycles. The van der Waals surface area contributed by atoms with E-state index >= 15 is 0 Å². The van der Waals surface area contributed by atoms with E-state index in [0.29, 0.717) is 30.2 Å². The van der Waals surface area contributed by atoms with Crippen molar-refractivity contribution in [1.29, 1.82) is 0 Å². The SMILES string of the molecule is CCNc1ncccc1C(=O)NCCS(C)=O. The van der Waals surface area contributed by atoms with Gasteiger partial charge in [-0.25, -0.2) is 4.98 Å². The molecule has 0 bridgehead atoms. The number of rotatable bonds is 6. The summed E-state index contributed by atoms with van der Waals surface area (Å²) in [7, 11) is -0.893. The largest absolute Gasteiger partial charge is 0.370 e. The minimum atomic E-state index is -0.893. The Kier molecular flexibility index (Phi) is 5.62. The molecule has 0 aliphatic rings. The van der Waals surface area contributed by atoms with Gasteiger partial charge in [-0.15, -0.1) is 0 Å². The Balaban J connectivity index is 2.64. The van der Waals surface area contributed by atoms with Crippen LogP contribution < -0.4 is 10.6 Å². The summed E-state index contributed by atoms with van der Waals surface area (Å²) >= 11 is 0. The van der Waals surface area contributed by atoms with Crippen LogP contribution in [0.25, 0.3) is 0 Å². The van der Waals surface area contributed by atoms with Crippen molar-refractivity contribution in [1.82, 2.24) is 10.3 Å². The first-order chi connectivity index (χ1) is 8.15. The molecule has 1 heterocycles. The Labute approximate surface area is 103 Å². The number of hydrogen-bond donors (Lipinski definition) is 2. The van der Waals surface area contributed by atoms with Gasteiger partial charge in [0.05, 0.1) is 5.56 Å². The smallest absolute Gasteiger partial charge is 0.255 e. The van der Waals surface area contributed by atoms with E-state index in [4.69, 9.17) is 0 Å². The van der Waals surface area contributed by atoms with Gasteiger partial charge in [-0.05, 0) is 19.1 Å². The van der Waals surface area contributed by atoms with Crippen molar-refractivity contribution in [3.05, 3.63) is 23.9 Å². The number of carbonyl (C=O) groups excluding carboxylic acids is 1. The molecule has 1 amide bonds. The lowest BCUT2D eigenvalue weighted by Gasteiger charge is -2.09. The topological polar surface area (TPSA) is 71.1 Å². The number of hydrogen-bond acceptors (Lipinski definition) is 4. The van der Waals surface area contributed by atoms with Crippen LogP contribution in [0.15, 0.2) is 18.3 Å². The van der Waals surface area contributed by atoms with Crippen LogP contribution in [0.5, 0.6) is 0 Å². The van der Waals surface area contributed by atoms with Crippen molar-refractivity contribution >= 4 is 22.5 Å². The molecule has 94 valence electrons. The summed E-state index contributed by atoms with van der Waals surface area (Å²) in [5, 5.41) is 5.74. The highest BCUT2D eigenvalue weighted by atomic mass is 32.2. The molecule has 0 saturated heterocycles. The highest BCUT2D eigenvalue weighted by Crippen LogP contribution is 2.10. The molecule has 0 spiro atoms. The molecular formula is C11H17N3O2S. The van der Waals surface area contributed by atoms with Crippen LogP contribution in [0.4, 0.5) is 5.82 Å². The van der Waals surface area contributed by atoms with Crippen molar-refractivity contribution in [3.63, 3.8) is 0 Å². The number of nitrogens with one attached hydrogen (secondary N) is 2. The van der Waals surface area contributed by atoms with Crippen molar-refractivity contribution in [3.8, 4) is 0 Å². The van der Waals surface area contributed by atoms with Crippen molar-refractivity contribution in [2.45, 2.75) is 6.92 Å². The third-order valence-electron chi connectivity index (χ3n) is 2.07. The Morgan fingerprint density at radius 2 is 2.29 bits per heavy atom. The lowest BCUT2D eigenvalue weighted by atomic mass is 10.2. The summed E-state index contributed by atoms with van der Waals surface area (Å²) in [4.78, 5) is 15.9. The Bertz CT molecular complexity index is 409. The van der Waals surface area contributed by atoms with Gasteiger partial charge in [0.15, 0.2) is 0 Å². The van der Waals surface area contributed by atoms with Gasteiger partial charge in [0.25, 0.3) is 5.91 Å². The molecular weight excluding hydrogens is 238 g/mol. The van der Waals surface area contributed by atoms with Gasteiger partial charge in [-0.3, -0.25) is 9.00 Å². The maximum absolute atomic E-state index is 11.8. The molecule has 1 unspecified atom stereocenters. The van der Waals surface area contributed by atoms with E-state index in [1.807, 2.05) is 6.92 Å². The Morgan fingerprint density at radius 1 is 1.53 bits per heavy atom. The fraction of sp³-hybridized carbons (Fsp3) is 0.455. The number of amides is 1. The monoisotopic (exact) mass is 255 g/mol. The average Bonchev–Trinajstić information content (AvgIpc) is 2.29. The minimum Gasteiger partial charge on any atom is -0.370 e. The number of pyridine rings is 1. The molecule has 6 heteroatoms. The predicted molar refractivity (Wildman–Crippen MR) is 69.7 cm³/mol. The first-order valence-electron chi connectivity index (χ1n) is 5.42. The van der Waals surface area contributed by atoms with E-state index in [9.17, 15) is 9.00 Å². The first kappa shape index (κ1) is 13.6. The lowest BCUT2D eigenvalue weighted by molar-refractivity contribution is 0.0956. The van der Waals surface area contributed by atoms with Gasteiger partial charge in [0.1, 0.15) is 5.82 Å². The maximum atomic E-state index is 11.8. The van der Waals surface area contributed by atoms with Gasteiger partial charge in [0.2, 0.25) is 0 Å². The zero-order valence-electron chi connectivity index (χ0n) is 10.0. The summed E-state index contributed by atoms with van der Waals surface area (Å²) in [6.45, 7) is 3.05. The molecule has 0 saturated carbocycles. The zero-order chi connectivity index (χ0) is 12.7. The van der Waals surface area contributed by atoms with Gasteiger partial charge in [-0.1, -0.05) is 0 Å². The molecule has 5 nitrogen and oxygen atoms in total. The fourth-order valence-electron chi connectivity index (χ4n) is 1.30. The quantitative estimate of drug-likeness (QED) is 0.782. The second-order valence-corrected chi connectivity index (χ2v) is 5.02. The summed E-state index contributed by atoms with van der Waals surface area (Å²) in [6.07, 6.45) is 3.25. The average molecular weight is 255 g/mol. The molecule has 2 N–H and O–H groups in total. The highest BCUT2D eigenvalue weighted by molar-refractivity contribution is 7.84. The molecule has 1 aromatic heterocycles. The van der Waals surface area contributed by atoms with E-state index in [-0.39, 0.29) is 5.91 Å². The number of carbonyl (C=O) groups is 1. The van der Waals surface area contributed by atoms with Crippen molar-refractivity contribution in [2.75, 3.05) is 30.4 Å². The van der Waals surface area contributed by atoms with Gasteiger partial charge < -0.3 is 10.6 Å². The van der Waals surface area contributed by atoms with Crippen LogP contribution in [0.1, 0.15) is 17.3 Å². The molecule has 1 aromatic rings. The molecule has 17 heavy (non-hydrogen) atoms. The van der Waals surface area contributed by atoms with Gasteiger partial charge >= 0.3 is 0 Å². The lowest BCUT2D eigenvalue weighted by Crippen LogP contribution is -2.28. The number of aromatic nitrogens is 1. The summed E-state index contributed by atoms with van der Waals surface area (Å²) in [5.74, 6) is 0.840. The second kappa shape index (κ2) is 7.01. The van der Waals surface area contributed by atoms with Crippen LogP contribution in [0.3, 0.4) is 0 Å². The number of anilines is 1. The second-order valence-electron chi connectivity index (χ2n) is 3.46. The van der Waals surface area contributed by atoms with Crippen molar-refractivity contribution in [2.24, 2.45) is 0 Å². The minimum absolute atomic E-state index is 0.195. The normalized spacial score (nSPS) is 11.9. The Morgan fingerprint density at radius 3 is 2.94 bits per heavy atom. The van der Waals surface area contributed by atoms with E-state index in [1.165, 1.54) is 0 Å². The van der Waals surface area contributed by atoms with Crippen LogP contribution in [-0.4, -0.2) is 40.2 Å². The zero-order valence-corrected chi connectivity index (χ0v) is 10.8. The first-order valence-corrected chi connectivity index (χ1v) is 7.15. The molecule has 0 aliphatic carbocycles. The van der Waals surface area contributed by atoms with Gasteiger partial charge in [-0.2, -0.15) is 0 Å². The van der Waals surface area contributed by atoms with E-state index in [1.54, 1.807) is 24.6 Å². The van der Waals surface area contributed by atoms with Gasteiger partial charge in [0, 0.05) is 42.1 Å². The molecule has 1 rings (SSSR count). The maximum Gasteiger partial charge on any atom is 0.255 e. The van der Waals surface area contributed by atoms with Crippen LogP contribution in [-0.2, 0) is 10.8 Å². The fourth-order valence-corrected chi connectivity index (χ4v) is 1.69. The van der Waals surface area contributed by atoms with E-state index in [0.717, 1.165) is 0 Å². The van der Waals surface area contributed by atoms with Crippen LogP contribution >= 0.6 is 0 Å². The Hall–Kier alpha value is -1.43. The molecule has 0 aromatic carbocycles. The predicted octanol–water partition coefficient (Wildman–Crippen LogP) is 0.622. The van der Waals surface area contributed by atoms with Crippen LogP contribution in [0, 0.1) is 0 Å². The van der Waals surface area contributed by atoms with E-state index < -0.39 is 10.8 Å². The van der Waals surface area contributed by atoms with Crippen LogP contribution in [0.2, 0.25) is 0 Å². The molecule has 0 radical (unpaired) electrons. The summed E-state index contributed by atoms with van der Waals surface area (Å²) in [6, 6.07) is 3.43. The number of nitrogens with zero attached hydrogens (tertiary/aromatic N) is 1. The summed E-state index contributed by atoms with van der Waals surface area (Å²) in [5.41, 5.74) is 0.510. The third-order valence-corrected chi connectivity index (χ3v) is 2.85. The molecule has 1 atom stereocenters. The summed E-state index contributed by atoms with van der Waals surface area (Å²) < 4.78 is 10.9. The highest BCUT2D eigenvalue weighted by Gasteiger charge is 2.10. The van der Waals surface area contributed by atoms with E-state index in [2.05, 4.69) is 15.6 Å². The standard InChI is InChI=1S/C11H17N3O2S/c1-3-12-10-9(5-4-6-13-10)11(15)14-7-8-17(2)16/h4-6H,3,7-8H2,1-2H3,(H,12,13)(H,14,15). The third kappa shape index (κ3) is 4.52. The van der Waals surface area contributed by atoms with Crippen molar-refractivity contribution < 1.29 is 9.00 Å².